The first-order chi connectivity index (χ1) is 9.54. The average Bonchev–Trinajstić information content (AvgIpc) is 2.44. The molecular formula is C16H27NO3. The topological polar surface area (TPSA) is 50.7 Å². The lowest BCUT2D eigenvalue weighted by Gasteiger charge is -2.19. The molecule has 4 heteroatoms. The highest BCUT2D eigenvalue weighted by molar-refractivity contribution is 5.35. The van der Waals surface area contributed by atoms with Gasteiger partial charge in [-0.1, -0.05) is 32.0 Å². The lowest BCUT2D eigenvalue weighted by molar-refractivity contribution is 0.0251. The first-order valence-electron chi connectivity index (χ1n) is 7.16. The average molecular weight is 281 g/mol. The van der Waals surface area contributed by atoms with E-state index in [1.165, 1.54) is 0 Å². The molecule has 0 aliphatic carbocycles. The molecule has 114 valence electrons. The van der Waals surface area contributed by atoms with E-state index in [0.29, 0.717) is 25.7 Å². The van der Waals surface area contributed by atoms with Crippen molar-refractivity contribution in [2.75, 3.05) is 26.9 Å². The molecule has 1 rings (SSSR count). The fourth-order valence-corrected chi connectivity index (χ4v) is 1.95. The molecule has 2 atom stereocenters. The van der Waals surface area contributed by atoms with Crippen LogP contribution in [0.4, 0.5) is 0 Å². The van der Waals surface area contributed by atoms with Crippen LogP contribution in [-0.4, -0.2) is 38.1 Å². The second kappa shape index (κ2) is 8.95. The predicted octanol–water partition coefficient (Wildman–Crippen LogP) is 2.38. The number of aliphatic hydroxyl groups excluding tert-OH is 1. The summed E-state index contributed by atoms with van der Waals surface area (Å²) in [5, 5.41) is 13.2. The third kappa shape index (κ3) is 5.90. The molecule has 20 heavy (non-hydrogen) atoms. The second-order valence-corrected chi connectivity index (χ2v) is 5.46. The van der Waals surface area contributed by atoms with Gasteiger partial charge in [-0.3, -0.25) is 0 Å². The Morgan fingerprint density at radius 1 is 1.15 bits per heavy atom. The van der Waals surface area contributed by atoms with Gasteiger partial charge >= 0.3 is 0 Å². The molecule has 0 fully saturated rings. The molecule has 0 aliphatic rings. The van der Waals surface area contributed by atoms with E-state index >= 15 is 0 Å². The van der Waals surface area contributed by atoms with Crippen molar-refractivity contribution in [3.63, 3.8) is 0 Å². The van der Waals surface area contributed by atoms with E-state index in [1.807, 2.05) is 24.3 Å². The molecular weight excluding hydrogens is 254 g/mol. The van der Waals surface area contributed by atoms with E-state index in [4.69, 9.17) is 9.47 Å². The summed E-state index contributed by atoms with van der Waals surface area (Å²) in [6.45, 7) is 7.78. The molecule has 0 saturated heterocycles. The summed E-state index contributed by atoms with van der Waals surface area (Å²) in [6, 6.07) is 8.02. The molecule has 0 bridgehead atoms. The van der Waals surface area contributed by atoms with Crippen molar-refractivity contribution in [3.05, 3.63) is 29.8 Å². The zero-order chi connectivity index (χ0) is 15.0. The van der Waals surface area contributed by atoms with Crippen LogP contribution in [0, 0.1) is 5.92 Å². The Morgan fingerprint density at radius 2 is 1.85 bits per heavy atom. The van der Waals surface area contributed by atoms with Crippen molar-refractivity contribution >= 4 is 0 Å². The van der Waals surface area contributed by atoms with Gasteiger partial charge in [0, 0.05) is 24.8 Å². The van der Waals surface area contributed by atoms with Crippen molar-refractivity contribution in [2.45, 2.75) is 32.9 Å². The number of para-hydroxylation sites is 1. The van der Waals surface area contributed by atoms with Crippen molar-refractivity contribution in [2.24, 2.45) is 5.92 Å². The van der Waals surface area contributed by atoms with Gasteiger partial charge < -0.3 is 19.9 Å². The van der Waals surface area contributed by atoms with Crippen LogP contribution >= 0.6 is 0 Å². The molecule has 4 nitrogen and oxygen atoms in total. The number of nitrogens with one attached hydrogen (secondary N) is 1. The SMILES string of the molecule is COc1ccccc1[C@@H](C)NCC(O)COCC(C)C. The molecule has 2 N–H and O–H groups in total. The number of hydrogen-bond acceptors (Lipinski definition) is 4. The molecule has 1 aromatic carbocycles. The quantitative estimate of drug-likeness (QED) is 0.729. The molecule has 0 heterocycles. The lowest BCUT2D eigenvalue weighted by atomic mass is 10.1. The first kappa shape index (κ1) is 17.0. The van der Waals surface area contributed by atoms with Crippen LogP contribution in [0.25, 0.3) is 0 Å². The minimum Gasteiger partial charge on any atom is -0.496 e. The minimum absolute atomic E-state index is 0.117. The van der Waals surface area contributed by atoms with E-state index in [-0.39, 0.29) is 6.04 Å². The summed E-state index contributed by atoms with van der Waals surface area (Å²) in [5.74, 6) is 1.35. The molecule has 0 aliphatic heterocycles. The van der Waals surface area contributed by atoms with Crippen LogP contribution in [-0.2, 0) is 4.74 Å². The normalized spacial score (nSPS) is 14.3. The maximum Gasteiger partial charge on any atom is 0.123 e. The zero-order valence-electron chi connectivity index (χ0n) is 12.9. The summed E-state index contributed by atoms with van der Waals surface area (Å²) < 4.78 is 10.8. The van der Waals surface area contributed by atoms with Gasteiger partial charge in [-0.25, -0.2) is 0 Å². The Bertz CT molecular complexity index is 382. The largest absolute Gasteiger partial charge is 0.496 e. The van der Waals surface area contributed by atoms with Gasteiger partial charge in [0.15, 0.2) is 0 Å². The molecule has 0 amide bonds. The lowest BCUT2D eigenvalue weighted by Crippen LogP contribution is -2.32. The third-order valence-electron chi connectivity index (χ3n) is 3.03. The van der Waals surface area contributed by atoms with Crippen LogP contribution in [0.3, 0.4) is 0 Å². The van der Waals surface area contributed by atoms with Gasteiger partial charge in [-0.2, -0.15) is 0 Å². The van der Waals surface area contributed by atoms with E-state index in [0.717, 1.165) is 11.3 Å². The fourth-order valence-electron chi connectivity index (χ4n) is 1.95. The Balaban J connectivity index is 2.37. The summed E-state index contributed by atoms with van der Waals surface area (Å²) >= 11 is 0. The molecule has 0 saturated carbocycles. The van der Waals surface area contributed by atoms with Crippen LogP contribution in [0.1, 0.15) is 32.4 Å². The van der Waals surface area contributed by atoms with Crippen molar-refractivity contribution in [1.29, 1.82) is 0 Å². The third-order valence-corrected chi connectivity index (χ3v) is 3.03. The van der Waals surface area contributed by atoms with E-state index in [9.17, 15) is 5.11 Å². The van der Waals surface area contributed by atoms with Gasteiger partial charge in [0.05, 0.1) is 19.8 Å². The number of hydrogen-bond donors (Lipinski definition) is 2. The van der Waals surface area contributed by atoms with E-state index < -0.39 is 6.10 Å². The molecule has 1 unspecified atom stereocenters. The number of methoxy groups -OCH3 is 1. The molecule has 0 spiro atoms. The Kier molecular flexibility index (Phi) is 7.59. The summed E-state index contributed by atoms with van der Waals surface area (Å²) in [7, 11) is 1.67. The van der Waals surface area contributed by atoms with Crippen LogP contribution < -0.4 is 10.1 Å². The summed E-state index contributed by atoms with van der Waals surface area (Å²) in [4.78, 5) is 0. The van der Waals surface area contributed by atoms with Gasteiger partial charge in [-0.15, -0.1) is 0 Å². The summed E-state index contributed by atoms with van der Waals surface area (Å²) in [5.41, 5.74) is 1.09. The maximum absolute atomic E-state index is 9.87. The number of benzene rings is 1. The molecule has 0 aromatic heterocycles. The summed E-state index contributed by atoms with van der Waals surface area (Å²) in [6.07, 6.45) is -0.495. The Morgan fingerprint density at radius 3 is 2.50 bits per heavy atom. The zero-order valence-corrected chi connectivity index (χ0v) is 12.9. The van der Waals surface area contributed by atoms with E-state index in [1.54, 1.807) is 7.11 Å². The second-order valence-electron chi connectivity index (χ2n) is 5.46. The standard InChI is InChI=1S/C16H27NO3/c1-12(2)10-20-11-14(18)9-17-13(3)15-7-5-6-8-16(15)19-4/h5-8,12-14,17-18H,9-11H2,1-4H3/t13-,14?/m1/s1. The van der Waals surface area contributed by atoms with E-state index in [2.05, 4.69) is 26.1 Å². The maximum atomic E-state index is 9.87. The van der Waals surface area contributed by atoms with Crippen LogP contribution in [0.15, 0.2) is 24.3 Å². The highest BCUT2D eigenvalue weighted by atomic mass is 16.5. The highest BCUT2D eigenvalue weighted by Gasteiger charge is 2.12. The van der Waals surface area contributed by atoms with Crippen molar-refractivity contribution in [3.8, 4) is 5.75 Å². The van der Waals surface area contributed by atoms with Gasteiger partial charge in [0.1, 0.15) is 5.75 Å². The van der Waals surface area contributed by atoms with Crippen molar-refractivity contribution < 1.29 is 14.6 Å². The monoisotopic (exact) mass is 281 g/mol. The highest BCUT2D eigenvalue weighted by Crippen LogP contribution is 2.24. The molecule has 1 aromatic rings. The van der Waals surface area contributed by atoms with Gasteiger partial charge in [0.25, 0.3) is 0 Å². The molecule has 0 radical (unpaired) electrons. The fraction of sp³-hybridized carbons (Fsp3) is 0.625. The van der Waals surface area contributed by atoms with Gasteiger partial charge in [0.2, 0.25) is 0 Å². The number of aliphatic hydroxyl groups is 1. The van der Waals surface area contributed by atoms with Gasteiger partial charge in [-0.05, 0) is 18.9 Å². The Labute approximate surface area is 122 Å². The Hall–Kier alpha value is -1.10. The van der Waals surface area contributed by atoms with Crippen molar-refractivity contribution in [1.82, 2.24) is 5.32 Å². The number of rotatable bonds is 9. The predicted molar refractivity (Wildman–Crippen MR) is 81.1 cm³/mol. The smallest absolute Gasteiger partial charge is 0.123 e. The minimum atomic E-state index is -0.495. The number of ether oxygens (including phenoxy) is 2. The van der Waals surface area contributed by atoms with Crippen LogP contribution in [0.5, 0.6) is 5.75 Å². The van der Waals surface area contributed by atoms with Crippen LogP contribution in [0.2, 0.25) is 0 Å². The first-order valence-corrected chi connectivity index (χ1v) is 7.16.